The van der Waals surface area contributed by atoms with Gasteiger partial charge in [0.05, 0.1) is 13.7 Å². The molecule has 18 heavy (non-hydrogen) atoms. The van der Waals surface area contributed by atoms with Crippen LogP contribution in [0, 0.1) is 0 Å². The lowest BCUT2D eigenvalue weighted by Gasteiger charge is -2.14. The van der Waals surface area contributed by atoms with Crippen molar-refractivity contribution in [3.8, 4) is 0 Å². The van der Waals surface area contributed by atoms with Crippen LogP contribution < -0.4 is 10.6 Å². The highest BCUT2D eigenvalue weighted by molar-refractivity contribution is 5.79. The summed E-state index contributed by atoms with van der Waals surface area (Å²) < 4.78 is 8.93. The summed E-state index contributed by atoms with van der Waals surface area (Å²) in [7, 11) is 1.23. The van der Waals surface area contributed by atoms with E-state index in [2.05, 4.69) is 20.1 Å². The fourth-order valence-corrected chi connectivity index (χ4v) is 1.14. The number of alkyl carbamates (subject to hydrolysis) is 2. The highest BCUT2D eigenvalue weighted by atomic mass is 16.5. The molecule has 0 saturated carbocycles. The molecule has 0 aliphatic rings. The minimum atomic E-state index is -1.15. The van der Waals surface area contributed by atoms with Gasteiger partial charge in [-0.05, 0) is 19.8 Å². The highest BCUT2D eigenvalue weighted by Crippen LogP contribution is 1.98. The number of aliphatic carboxylic acids is 1. The van der Waals surface area contributed by atoms with Gasteiger partial charge in [0.15, 0.2) is 0 Å². The summed E-state index contributed by atoms with van der Waals surface area (Å²) >= 11 is 0. The van der Waals surface area contributed by atoms with Gasteiger partial charge in [0, 0.05) is 6.54 Å². The third kappa shape index (κ3) is 7.31. The molecular weight excluding hydrogens is 244 g/mol. The smallest absolute Gasteiger partial charge is 0.407 e. The van der Waals surface area contributed by atoms with Crippen LogP contribution >= 0.6 is 0 Å². The maximum Gasteiger partial charge on any atom is 0.407 e. The predicted octanol–water partition coefficient (Wildman–Crippen LogP) is 0.322. The van der Waals surface area contributed by atoms with Crippen LogP contribution in [0.25, 0.3) is 0 Å². The number of carbonyl (C=O) groups excluding carboxylic acids is 2. The molecule has 0 aromatic carbocycles. The Morgan fingerprint density at radius 3 is 2.44 bits per heavy atom. The molecule has 0 unspecified atom stereocenters. The number of nitrogens with one attached hydrogen (secondary N) is 2. The van der Waals surface area contributed by atoms with E-state index in [-0.39, 0.29) is 19.6 Å². The average Bonchev–Trinajstić information content (AvgIpc) is 2.32. The zero-order valence-electron chi connectivity index (χ0n) is 10.4. The number of rotatable bonds is 7. The molecule has 0 aliphatic heterocycles. The van der Waals surface area contributed by atoms with Crippen molar-refractivity contribution >= 4 is 18.2 Å². The lowest BCUT2D eigenvalue weighted by atomic mass is 10.1. The summed E-state index contributed by atoms with van der Waals surface area (Å²) in [6.45, 7) is 2.05. The van der Waals surface area contributed by atoms with Gasteiger partial charge in [-0.15, -0.1) is 0 Å². The molecule has 0 heterocycles. The maximum absolute atomic E-state index is 11.1. The molecule has 0 aromatic rings. The molecule has 8 nitrogen and oxygen atoms in total. The van der Waals surface area contributed by atoms with Crippen molar-refractivity contribution in [2.24, 2.45) is 0 Å². The van der Waals surface area contributed by atoms with Crippen molar-refractivity contribution < 1.29 is 29.0 Å². The van der Waals surface area contributed by atoms with Crippen molar-refractivity contribution in [1.29, 1.82) is 0 Å². The van der Waals surface area contributed by atoms with E-state index in [4.69, 9.17) is 5.11 Å². The van der Waals surface area contributed by atoms with Gasteiger partial charge < -0.3 is 25.2 Å². The van der Waals surface area contributed by atoms with Crippen LogP contribution in [-0.4, -0.2) is 49.6 Å². The Kier molecular flexibility index (Phi) is 8.08. The van der Waals surface area contributed by atoms with Crippen LogP contribution in [0.5, 0.6) is 0 Å². The summed E-state index contributed by atoms with van der Waals surface area (Å²) in [4.78, 5) is 32.6. The second kappa shape index (κ2) is 9.08. The Balaban J connectivity index is 3.94. The van der Waals surface area contributed by atoms with Gasteiger partial charge in [-0.25, -0.2) is 14.4 Å². The number of carboxylic acid groups (broad SMARTS) is 1. The van der Waals surface area contributed by atoms with Crippen LogP contribution in [0.15, 0.2) is 0 Å². The second-order valence-corrected chi connectivity index (χ2v) is 3.32. The molecule has 8 heteroatoms. The molecule has 0 bridgehead atoms. The third-order valence-corrected chi connectivity index (χ3v) is 1.99. The fraction of sp³-hybridized carbons (Fsp3) is 0.700. The topological polar surface area (TPSA) is 114 Å². The average molecular weight is 262 g/mol. The van der Waals surface area contributed by atoms with E-state index in [0.717, 1.165) is 0 Å². The van der Waals surface area contributed by atoms with Crippen LogP contribution in [-0.2, 0) is 14.3 Å². The van der Waals surface area contributed by atoms with Crippen LogP contribution in [0.3, 0.4) is 0 Å². The Bertz CT molecular complexity index is 294. The molecular formula is C10H18N2O6. The van der Waals surface area contributed by atoms with Crippen molar-refractivity contribution in [2.75, 3.05) is 20.3 Å². The van der Waals surface area contributed by atoms with Gasteiger partial charge in [0.1, 0.15) is 6.04 Å². The summed E-state index contributed by atoms with van der Waals surface area (Å²) in [5, 5.41) is 13.5. The number of amides is 2. The first-order valence-electron chi connectivity index (χ1n) is 5.49. The standard InChI is InChI=1S/C10H18N2O6/c1-3-18-10(16)12-7(8(13)14)5-4-6-11-9(15)17-2/h7H,3-6H2,1-2H3,(H,11,15)(H,12,16)(H,13,14)/t7-/m0/s1. The maximum atomic E-state index is 11.1. The van der Waals surface area contributed by atoms with Crippen LogP contribution in [0.2, 0.25) is 0 Å². The molecule has 0 aromatic heterocycles. The molecule has 1 atom stereocenters. The predicted molar refractivity (Wildman–Crippen MR) is 61.2 cm³/mol. The normalized spacial score (nSPS) is 11.2. The van der Waals surface area contributed by atoms with Gasteiger partial charge in [0.2, 0.25) is 0 Å². The van der Waals surface area contributed by atoms with Crippen molar-refractivity contribution in [3.05, 3.63) is 0 Å². The molecule has 0 fully saturated rings. The second-order valence-electron chi connectivity index (χ2n) is 3.32. The van der Waals surface area contributed by atoms with Gasteiger partial charge >= 0.3 is 18.2 Å². The zero-order chi connectivity index (χ0) is 14.0. The number of methoxy groups -OCH3 is 1. The Morgan fingerprint density at radius 2 is 1.94 bits per heavy atom. The SMILES string of the molecule is CCOC(=O)N[C@@H](CCCNC(=O)OC)C(=O)O. The molecule has 2 amide bonds. The minimum absolute atomic E-state index is 0.169. The Morgan fingerprint density at radius 1 is 1.28 bits per heavy atom. The quantitative estimate of drug-likeness (QED) is 0.569. The minimum Gasteiger partial charge on any atom is -0.480 e. The zero-order valence-corrected chi connectivity index (χ0v) is 10.4. The molecule has 3 N–H and O–H groups in total. The van der Waals surface area contributed by atoms with Crippen molar-refractivity contribution in [3.63, 3.8) is 0 Å². The van der Waals surface area contributed by atoms with Gasteiger partial charge in [0.25, 0.3) is 0 Å². The lowest BCUT2D eigenvalue weighted by molar-refractivity contribution is -0.139. The largest absolute Gasteiger partial charge is 0.480 e. The van der Waals surface area contributed by atoms with Crippen molar-refractivity contribution in [2.45, 2.75) is 25.8 Å². The molecule has 0 saturated heterocycles. The van der Waals surface area contributed by atoms with Crippen LogP contribution in [0.1, 0.15) is 19.8 Å². The fourth-order valence-electron chi connectivity index (χ4n) is 1.14. The molecule has 0 rings (SSSR count). The third-order valence-electron chi connectivity index (χ3n) is 1.99. The number of carboxylic acids is 1. The van der Waals surface area contributed by atoms with Gasteiger partial charge in [-0.1, -0.05) is 0 Å². The Labute approximate surface area is 105 Å². The first kappa shape index (κ1) is 16.0. The molecule has 0 radical (unpaired) electrons. The summed E-state index contributed by atoms with van der Waals surface area (Å²) in [6.07, 6.45) is -0.789. The van der Waals surface area contributed by atoms with E-state index in [1.54, 1.807) is 6.92 Å². The first-order valence-corrected chi connectivity index (χ1v) is 5.49. The van der Waals surface area contributed by atoms with E-state index in [1.807, 2.05) is 0 Å². The van der Waals surface area contributed by atoms with Crippen molar-refractivity contribution in [1.82, 2.24) is 10.6 Å². The molecule has 0 spiro atoms. The van der Waals surface area contributed by atoms with Crippen LogP contribution in [0.4, 0.5) is 9.59 Å². The Hall–Kier alpha value is -1.99. The number of hydrogen-bond donors (Lipinski definition) is 3. The highest BCUT2D eigenvalue weighted by Gasteiger charge is 2.19. The number of ether oxygens (including phenoxy) is 2. The summed E-state index contributed by atoms with van der Waals surface area (Å²) in [6, 6.07) is -1.04. The summed E-state index contributed by atoms with van der Waals surface area (Å²) in [5.74, 6) is -1.15. The summed E-state index contributed by atoms with van der Waals surface area (Å²) in [5.41, 5.74) is 0. The van der Waals surface area contributed by atoms with E-state index < -0.39 is 24.2 Å². The monoisotopic (exact) mass is 262 g/mol. The van der Waals surface area contributed by atoms with E-state index in [9.17, 15) is 14.4 Å². The van der Waals surface area contributed by atoms with Gasteiger partial charge in [-0.3, -0.25) is 0 Å². The molecule has 104 valence electrons. The number of hydrogen-bond acceptors (Lipinski definition) is 5. The lowest BCUT2D eigenvalue weighted by Crippen LogP contribution is -2.41. The van der Waals surface area contributed by atoms with E-state index in [1.165, 1.54) is 7.11 Å². The van der Waals surface area contributed by atoms with Gasteiger partial charge in [-0.2, -0.15) is 0 Å². The number of carbonyl (C=O) groups is 3. The molecule has 0 aliphatic carbocycles. The van der Waals surface area contributed by atoms with E-state index >= 15 is 0 Å². The first-order chi connectivity index (χ1) is 8.51. The van der Waals surface area contributed by atoms with E-state index in [0.29, 0.717) is 6.42 Å².